The van der Waals surface area contributed by atoms with E-state index >= 15 is 0 Å². The standard InChI is InChI=1S/C23H26N2O5/c1-15-5-6-21-16(9-15)10-18(22(26)24-21)14-25(7-8-28-2)23(27)17-11-19(29-3)13-20(12-17)30-4/h5-6,9-13H,7-8,14H2,1-4H3,(H,24,26). The molecule has 0 saturated carbocycles. The quantitative estimate of drug-likeness (QED) is 0.617. The number of rotatable bonds is 8. The highest BCUT2D eigenvalue weighted by atomic mass is 16.5. The maximum atomic E-state index is 13.3. The van der Waals surface area contributed by atoms with E-state index in [2.05, 4.69) is 4.98 Å². The largest absolute Gasteiger partial charge is 0.497 e. The van der Waals surface area contributed by atoms with Crippen molar-refractivity contribution in [1.82, 2.24) is 9.88 Å². The summed E-state index contributed by atoms with van der Waals surface area (Å²) in [5.41, 5.74) is 2.56. The van der Waals surface area contributed by atoms with Crippen molar-refractivity contribution in [3.8, 4) is 11.5 Å². The first-order chi connectivity index (χ1) is 14.4. The predicted molar refractivity (Wildman–Crippen MR) is 115 cm³/mol. The maximum Gasteiger partial charge on any atom is 0.254 e. The van der Waals surface area contributed by atoms with Crippen molar-refractivity contribution in [2.75, 3.05) is 34.5 Å². The third-order valence-corrected chi connectivity index (χ3v) is 4.89. The topological polar surface area (TPSA) is 80.9 Å². The summed E-state index contributed by atoms with van der Waals surface area (Å²) >= 11 is 0. The molecule has 1 aromatic heterocycles. The number of aromatic amines is 1. The summed E-state index contributed by atoms with van der Waals surface area (Å²) in [5.74, 6) is 0.792. The Morgan fingerprint density at radius 3 is 2.33 bits per heavy atom. The molecule has 30 heavy (non-hydrogen) atoms. The van der Waals surface area contributed by atoms with E-state index in [1.807, 2.05) is 31.2 Å². The van der Waals surface area contributed by atoms with Crippen molar-refractivity contribution in [3.63, 3.8) is 0 Å². The Labute approximate surface area is 175 Å². The first-order valence-electron chi connectivity index (χ1n) is 9.59. The zero-order valence-corrected chi connectivity index (χ0v) is 17.7. The minimum absolute atomic E-state index is 0.154. The molecule has 0 unspecified atom stereocenters. The molecule has 0 fully saturated rings. The number of H-pyrrole nitrogens is 1. The van der Waals surface area contributed by atoms with E-state index in [1.165, 1.54) is 14.2 Å². The van der Waals surface area contributed by atoms with Gasteiger partial charge in [0.15, 0.2) is 0 Å². The Morgan fingerprint density at radius 1 is 1.00 bits per heavy atom. The van der Waals surface area contributed by atoms with Crippen LogP contribution in [0.5, 0.6) is 11.5 Å². The molecule has 1 N–H and O–H groups in total. The lowest BCUT2D eigenvalue weighted by Crippen LogP contribution is -2.35. The molecule has 0 bridgehead atoms. The Balaban J connectivity index is 1.97. The van der Waals surface area contributed by atoms with Gasteiger partial charge in [-0.3, -0.25) is 9.59 Å². The van der Waals surface area contributed by atoms with E-state index < -0.39 is 0 Å². The number of hydrogen-bond acceptors (Lipinski definition) is 5. The highest BCUT2D eigenvalue weighted by Gasteiger charge is 2.19. The highest BCUT2D eigenvalue weighted by Crippen LogP contribution is 2.24. The monoisotopic (exact) mass is 410 g/mol. The van der Waals surface area contributed by atoms with Crippen LogP contribution in [0.4, 0.5) is 0 Å². The van der Waals surface area contributed by atoms with Gasteiger partial charge in [0.25, 0.3) is 11.5 Å². The van der Waals surface area contributed by atoms with Gasteiger partial charge in [-0.25, -0.2) is 0 Å². The number of nitrogens with one attached hydrogen (secondary N) is 1. The lowest BCUT2D eigenvalue weighted by atomic mass is 10.1. The molecule has 158 valence electrons. The lowest BCUT2D eigenvalue weighted by molar-refractivity contribution is 0.0679. The fraction of sp³-hybridized carbons (Fsp3) is 0.304. The molecule has 0 atom stereocenters. The average Bonchev–Trinajstić information content (AvgIpc) is 2.76. The zero-order valence-electron chi connectivity index (χ0n) is 17.7. The molecule has 0 saturated heterocycles. The summed E-state index contributed by atoms with van der Waals surface area (Å²) < 4.78 is 15.7. The second-order valence-corrected chi connectivity index (χ2v) is 7.04. The van der Waals surface area contributed by atoms with Crippen LogP contribution in [0.2, 0.25) is 0 Å². The van der Waals surface area contributed by atoms with E-state index in [9.17, 15) is 9.59 Å². The summed E-state index contributed by atoms with van der Waals surface area (Å²) in [6.07, 6.45) is 0. The minimum atomic E-state index is -0.243. The second-order valence-electron chi connectivity index (χ2n) is 7.04. The van der Waals surface area contributed by atoms with Crippen LogP contribution in [0, 0.1) is 6.92 Å². The number of carbonyl (C=O) groups excluding carboxylic acids is 1. The van der Waals surface area contributed by atoms with Gasteiger partial charge in [0, 0.05) is 36.4 Å². The molecule has 7 heteroatoms. The Kier molecular flexibility index (Phi) is 6.74. The smallest absolute Gasteiger partial charge is 0.254 e. The van der Waals surface area contributed by atoms with Crippen LogP contribution in [0.1, 0.15) is 21.5 Å². The number of fused-ring (bicyclic) bond motifs is 1. The first-order valence-corrected chi connectivity index (χ1v) is 9.59. The van der Waals surface area contributed by atoms with Crippen LogP contribution < -0.4 is 15.0 Å². The van der Waals surface area contributed by atoms with Crippen molar-refractivity contribution in [1.29, 1.82) is 0 Å². The molecular weight excluding hydrogens is 384 g/mol. The third-order valence-electron chi connectivity index (χ3n) is 4.89. The van der Waals surface area contributed by atoms with Crippen LogP contribution in [-0.2, 0) is 11.3 Å². The number of methoxy groups -OCH3 is 3. The van der Waals surface area contributed by atoms with E-state index in [-0.39, 0.29) is 18.0 Å². The summed E-state index contributed by atoms with van der Waals surface area (Å²) in [6.45, 7) is 2.83. The average molecular weight is 410 g/mol. The van der Waals surface area contributed by atoms with Gasteiger partial charge in [-0.15, -0.1) is 0 Å². The van der Waals surface area contributed by atoms with E-state index in [0.29, 0.717) is 35.8 Å². The number of carbonyl (C=O) groups is 1. The number of nitrogens with zero attached hydrogens (tertiary/aromatic N) is 1. The van der Waals surface area contributed by atoms with Crippen molar-refractivity contribution in [2.24, 2.45) is 0 Å². The molecule has 7 nitrogen and oxygen atoms in total. The lowest BCUT2D eigenvalue weighted by Gasteiger charge is -2.23. The van der Waals surface area contributed by atoms with Crippen LogP contribution >= 0.6 is 0 Å². The fourth-order valence-corrected chi connectivity index (χ4v) is 3.26. The number of aromatic nitrogens is 1. The van der Waals surface area contributed by atoms with Crippen molar-refractivity contribution >= 4 is 16.8 Å². The summed E-state index contributed by atoms with van der Waals surface area (Å²) in [6, 6.07) is 12.7. The fourth-order valence-electron chi connectivity index (χ4n) is 3.26. The van der Waals surface area contributed by atoms with E-state index in [4.69, 9.17) is 14.2 Å². The molecule has 2 aromatic carbocycles. The molecule has 1 amide bonds. The van der Waals surface area contributed by atoms with Crippen LogP contribution in [0.15, 0.2) is 47.3 Å². The maximum absolute atomic E-state index is 13.3. The van der Waals surface area contributed by atoms with Gasteiger partial charge in [0.05, 0.1) is 27.4 Å². The number of hydrogen-bond donors (Lipinski definition) is 1. The first kappa shape index (κ1) is 21.4. The van der Waals surface area contributed by atoms with Crippen LogP contribution in [0.25, 0.3) is 10.9 Å². The minimum Gasteiger partial charge on any atom is -0.497 e. The van der Waals surface area contributed by atoms with Crippen LogP contribution in [0.3, 0.4) is 0 Å². The van der Waals surface area contributed by atoms with Gasteiger partial charge in [0.1, 0.15) is 11.5 Å². The summed E-state index contributed by atoms with van der Waals surface area (Å²) in [7, 11) is 4.63. The van der Waals surface area contributed by atoms with E-state index in [1.54, 1.807) is 30.2 Å². The SMILES string of the molecule is COCCN(Cc1cc2cc(C)ccc2[nH]c1=O)C(=O)c1cc(OC)cc(OC)c1. The highest BCUT2D eigenvalue weighted by molar-refractivity contribution is 5.95. The van der Waals surface area contributed by atoms with Gasteiger partial charge < -0.3 is 24.1 Å². The zero-order chi connectivity index (χ0) is 21.7. The van der Waals surface area contributed by atoms with Crippen LogP contribution in [-0.4, -0.2) is 50.3 Å². The van der Waals surface area contributed by atoms with Gasteiger partial charge in [0.2, 0.25) is 0 Å². The Hall–Kier alpha value is -3.32. The molecule has 0 aliphatic carbocycles. The number of ether oxygens (including phenoxy) is 3. The molecule has 1 heterocycles. The molecule has 0 aliphatic rings. The molecular formula is C23H26N2O5. The molecule has 3 aromatic rings. The summed E-state index contributed by atoms with van der Waals surface area (Å²) in [5, 5.41) is 0.923. The number of benzene rings is 2. The second kappa shape index (κ2) is 9.45. The van der Waals surface area contributed by atoms with Gasteiger partial charge >= 0.3 is 0 Å². The van der Waals surface area contributed by atoms with Crippen molar-refractivity contribution in [3.05, 3.63) is 69.5 Å². The normalized spacial score (nSPS) is 10.8. The molecule has 3 rings (SSSR count). The number of aryl methyl sites for hydroxylation is 1. The van der Waals surface area contributed by atoms with Gasteiger partial charge in [-0.2, -0.15) is 0 Å². The molecule has 0 radical (unpaired) electrons. The van der Waals surface area contributed by atoms with E-state index in [0.717, 1.165) is 16.5 Å². The van der Waals surface area contributed by atoms with Gasteiger partial charge in [-0.05, 0) is 42.6 Å². The van der Waals surface area contributed by atoms with Crippen molar-refractivity contribution < 1.29 is 19.0 Å². The Morgan fingerprint density at radius 2 is 1.70 bits per heavy atom. The van der Waals surface area contributed by atoms with Crippen molar-refractivity contribution in [2.45, 2.75) is 13.5 Å². The molecule has 0 spiro atoms. The molecule has 0 aliphatic heterocycles. The predicted octanol–water partition coefficient (Wildman–Crippen LogP) is 3.14. The van der Waals surface area contributed by atoms with Gasteiger partial charge in [-0.1, -0.05) is 11.6 Å². The number of amides is 1. The summed E-state index contributed by atoms with van der Waals surface area (Å²) in [4.78, 5) is 30.4. The Bertz CT molecular complexity index is 1080. The number of pyridine rings is 1. The third kappa shape index (κ3) is 4.80.